The van der Waals surface area contributed by atoms with Gasteiger partial charge >= 0.3 is 0 Å². The van der Waals surface area contributed by atoms with Crippen LogP contribution in [0.2, 0.25) is 25.7 Å². The van der Waals surface area contributed by atoms with Crippen LogP contribution in [0.4, 0.5) is 4.39 Å². The third kappa shape index (κ3) is 7.32. The molecule has 0 aliphatic heterocycles. The molecule has 0 saturated heterocycles. The molecule has 0 amide bonds. The van der Waals surface area contributed by atoms with Gasteiger partial charge in [-0.15, -0.1) is 0 Å². The Hall–Kier alpha value is 0.0169. The van der Waals surface area contributed by atoms with Gasteiger partial charge in [0.1, 0.15) is 6.73 Å². The van der Waals surface area contributed by atoms with Crippen molar-refractivity contribution in [3.05, 3.63) is 0 Å². The van der Waals surface area contributed by atoms with E-state index in [4.69, 9.17) is 4.74 Å². The summed E-state index contributed by atoms with van der Waals surface area (Å²) in [5.41, 5.74) is -1.85. The minimum atomic E-state index is -3.86. The van der Waals surface area contributed by atoms with E-state index in [9.17, 15) is 12.8 Å². The highest BCUT2D eigenvalue weighted by Crippen LogP contribution is 2.08. The summed E-state index contributed by atoms with van der Waals surface area (Å²) in [5, 5.41) is 0. The first-order valence-corrected chi connectivity index (χ1v) is 10.6. The van der Waals surface area contributed by atoms with E-state index in [0.717, 1.165) is 6.04 Å². The number of alkyl halides is 1. The van der Waals surface area contributed by atoms with Crippen molar-refractivity contribution >= 4 is 18.1 Å². The molecule has 0 spiro atoms. The number of hydrogen-bond donors (Lipinski definition) is 1. The van der Waals surface area contributed by atoms with E-state index in [1.807, 2.05) is 0 Å². The third-order valence-corrected chi connectivity index (χ3v) is 5.25. The third-order valence-electron chi connectivity index (χ3n) is 2.02. The molecule has 0 radical (unpaired) electrons. The Balaban J connectivity index is 3.75. The zero-order valence-corrected chi connectivity index (χ0v) is 12.2. The Morgan fingerprint density at radius 1 is 1.38 bits per heavy atom. The molecular weight excluding hydrogens is 249 g/mol. The highest BCUT2D eigenvalue weighted by atomic mass is 32.2. The lowest BCUT2D eigenvalue weighted by Gasteiger charge is -2.15. The monoisotopic (exact) mass is 271 g/mol. The first kappa shape index (κ1) is 16.0. The van der Waals surface area contributed by atoms with Crippen LogP contribution >= 0.6 is 0 Å². The predicted molar refractivity (Wildman–Crippen MR) is 66.2 cm³/mol. The first-order valence-electron chi connectivity index (χ1n) is 5.39. The van der Waals surface area contributed by atoms with Crippen molar-refractivity contribution < 1.29 is 17.5 Å². The number of nitrogens with one attached hydrogen (secondary N) is 1. The van der Waals surface area contributed by atoms with Crippen LogP contribution in [0.1, 0.15) is 13.3 Å². The second-order valence-electron chi connectivity index (χ2n) is 4.87. The molecule has 7 heteroatoms. The number of halogens is 1. The molecule has 0 saturated carbocycles. The van der Waals surface area contributed by atoms with Gasteiger partial charge in [-0.1, -0.05) is 26.6 Å². The molecule has 0 aromatic heterocycles. The Labute approximate surface area is 98.6 Å². The molecule has 0 aliphatic rings. The van der Waals surface area contributed by atoms with Gasteiger partial charge in [-0.25, -0.2) is 12.8 Å². The maximum absolute atomic E-state index is 12.9. The normalized spacial score (nSPS) is 15.1. The Kier molecular flexibility index (Phi) is 6.69. The lowest BCUT2D eigenvalue weighted by atomic mass is 10.6. The maximum Gasteiger partial charge on any atom is 0.245 e. The standard InChI is InChI=1S/C9H22FNO3SSi/c1-5-9(10)15(12,13)11-8-14-6-7-16(2,3)4/h9,11H,5-8H2,1-4H3. The van der Waals surface area contributed by atoms with Crippen LogP contribution in [0, 0.1) is 0 Å². The van der Waals surface area contributed by atoms with Crippen LogP contribution in [0.15, 0.2) is 0 Å². The smallest absolute Gasteiger partial charge is 0.245 e. The summed E-state index contributed by atoms with van der Waals surface area (Å²) in [6.07, 6.45) is -0.0514. The van der Waals surface area contributed by atoms with Crippen molar-refractivity contribution in [2.24, 2.45) is 0 Å². The molecule has 1 unspecified atom stereocenters. The highest BCUT2D eigenvalue weighted by molar-refractivity contribution is 7.89. The van der Waals surface area contributed by atoms with Gasteiger partial charge in [0.15, 0.2) is 0 Å². The molecule has 0 rings (SSSR count). The van der Waals surface area contributed by atoms with Crippen molar-refractivity contribution in [3.63, 3.8) is 0 Å². The summed E-state index contributed by atoms with van der Waals surface area (Å²) < 4.78 is 42.4. The Morgan fingerprint density at radius 2 is 1.94 bits per heavy atom. The predicted octanol–water partition coefficient (Wildman–Crippen LogP) is 1.92. The lowest BCUT2D eigenvalue weighted by Crippen LogP contribution is -2.33. The number of rotatable bonds is 8. The van der Waals surface area contributed by atoms with Crippen LogP contribution < -0.4 is 4.72 Å². The molecular formula is C9H22FNO3SSi. The van der Waals surface area contributed by atoms with Crippen LogP contribution in [0.5, 0.6) is 0 Å². The van der Waals surface area contributed by atoms with Gasteiger partial charge in [0, 0.05) is 14.7 Å². The van der Waals surface area contributed by atoms with Crippen LogP contribution in [0.3, 0.4) is 0 Å². The van der Waals surface area contributed by atoms with Crippen LogP contribution in [-0.2, 0) is 14.8 Å². The second kappa shape index (κ2) is 6.68. The summed E-state index contributed by atoms with van der Waals surface area (Å²) in [5.74, 6) is 0. The molecule has 98 valence electrons. The number of ether oxygens (including phenoxy) is 1. The summed E-state index contributed by atoms with van der Waals surface area (Å²) in [6.45, 7) is 8.46. The minimum absolute atomic E-state index is 0.0514. The molecule has 0 aromatic rings. The molecule has 0 bridgehead atoms. The van der Waals surface area contributed by atoms with Gasteiger partial charge in [0.25, 0.3) is 0 Å². The molecule has 0 aliphatic carbocycles. The quantitative estimate of drug-likeness (QED) is 0.417. The van der Waals surface area contributed by atoms with E-state index < -0.39 is 23.6 Å². The van der Waals surface area contributed by atoms with Gasteiger partial charge in [0.05, 0.1) is 0 Å². The average molecular weight is 271 g/mol. The van der Waals surface area contributed by atoms with Crippen LogP contribution in [0.25, 0.3) is 0 Å². The van der Waals surface area contributed by atoms with Gasteiger partial charge in [-0.05, 0) is 12.5 Å². The molecule has 16 heavy (non-hydrogen) atoms. The van der Waals surface area contributed by atoms with Gasteiger partial charge in [-0.3, -0.25) is 0 Å². The summed E-state index contributed by atoms with van der Waals surface area (Å²) in [6, 6.07) is 0.960. The molecule has 0 fully saturated rings. The van der Waals surface area contributed by atoms with E-state index in [1.165, 1.54) is 6.92 Å². The van der Waals surface area contributed by atoms with E-state index in [0.29, 0.717) is 6.61 Å². The topological polar surface area (TPSA) is 55.4 Å². The summed E-state index contributed by atoms with van der Waals surface area (Å²) >= 11 is 0. The number of hydrogen-bond acceptors (Lipinski definition) is 3. The SMILES string of the molecule is CCC(F)S(=O)(=O)NCOCC[Si](C)(C)C. The van der Waals surface area contributed by atoms with Crippen molar-refractivity contribution in [2.75, 3.05) is 13.3 Å². The minimum Gasteiger partial charge on any atom is -0.366 e. The van der Waals surface area contributed by atoms with Crippen molar-refractivity contribution in [1.29, 1.82) is 0 Å². The fourth-order valence-corrected chi connectivity index (χ4v) is 2.51. The second-order valence-corrected chi connectivity index (χ2v) is 12.4. The molecule has 1 N–H and O–H groups in total. The Bertz CT molecular complexity index is 290. The average Bonchev–Trinajstić information content (AvgIpc) is 2.14. The van der Waals surface area contributed by atoms with Crippen LogP contribution in [-0.4, -0.2) is 35.3 Å². The zero-order valence-electron chi connectivity index (χ0n) is 10.4. The lowest BCUT2D eigenvalue weighted by molar-refractivity contribution is 0.142. The van der Waals surface area contributed by atoms with Gasteiger partial charge in [0.2, 0.25) is 15.5 Å². The number of sulfonamides is 1. The van der Waals surface area contributed by atoms with Crippen molar-refractivity contribution in [2.45, 2.75) is 44.5 Å². The molecule has 4 nitrogen and oxygen atoms in total. The van der Waals surface area contributed by atoms with E-state index in [-0.39, 0.29) is 13.2 Å². The molecule has 1 atom stereocenters. The van der Waals surface area contributed by atoms with E-state index in [2.05, 4.69) is 24.4 Å². The summed E-state index contributed by atoms with van der Waals surface area (Å²) in [7, 11) is -5.01. The highest BCUT2D eigenvalue weighted by Gasteiger charge is 2.22. The molecule has 0 heterocycles. The van der Waals surface area contributed by atoms with Crippen molar-refractivity contribution in [3.8, 4) is 0 Å². The van der Waals surface area contributed by atoms with E-state index >= 15 is 0 Å². The molecule has 0 aromatic carbocycles. The van der Waals surface area contributed by atoms with Crippen molar-refractivity contribution in [1.82, 2.24) is 4.72 Å². The first-order chi connectivity index (χ1) is 7.19. The largest absolute Gasteiger partial charge is 0.366 e. The fraction of sp³-hybridized carbons (Fsp3) is 1.00. The van der Waals surface area contributed by atoms with E-state index in [1.54, 1.807) is 0 Å². The zero-order chi connectivity index (χ0) is 12.8. The fourth-order valence-electron chi connectivity index (χ4n) is 0.884. The van der Waals surface area contributed by atoms with Gasteiger partial charge in [-0.2, -0.15) is 4.72 Å². The Morgan fingerprint density at radius 3 is 2.38 bits per heavy atom. The van der Waals surface area contributed by atoms with Gasteiger partial charge < -0.3 is 4.74 Å². The summed E-state index contributed by atoms with van der Waals surface area (Å²) in [4.78, 5) is 0. The maximum atomic E-state index is 12.9.